The van der Waals surface area contributed by atoms with Crippen molar-refractivity contribution in [3.8, 4) is 0 Å². The summed E-state index contributed by atoms with van der Waals surface area (Å²) in [5, 5.41) is -0.137. The number of ether oxygens (including phenoxy) is 2. The second-order valence-corrected chi connectivity index (χ2v) is 7.34. The predicted molar refractivity (Wildman–Crippen MR) is 96.2 cm³/mol. The minimum Gasteiger partial charge on any atom is -0.462 e. The molecule has 0 aliphatic rings. The molecule has 8 heteroatoms. The van der Waals surface area contributed by atoms with E-state index < -0.39 is 19.3 Å². The first kappa shape index (κ1) is 23.1. The van der Waals surface area contributed by atoms with E-state index in [2.05, 4.69) is 4.90 Å². The van der Waals surface area contributed by atoms with Gasteiger partial charge in [0.15, 0.2) is 12.6 Å². The van der Waals surface area contributed by atoms with E-state index in [1.807, 2.05) is 27.7 Å². The van der Waals surface area contributed by atoms with Gasteiger partial charge in [0.1, 0.15) is 0 Å². The first-order valence-corrected chi connectivity index (χ1v) is 10.4. The Labute approximate surface area is 145 Å². The molecule has 0 amide bonds. The lowest BCUT2D eigenvalue weighted by atomic mass is 10.4. The molecule has 0 aliphatic carbocycles. The van der Waals surface area contributed by atoms with Crippen molar-refractivity contribution in [1.82, 2.24) is 4.90 Å². The molecule has 0 aliphatic heterocycles. The number of nitrogens with zero attached hydrogens (tertiary/aromatic N) is 1. The molecule has 0 heterocycles. The van der Waals surface area contributed by atoms with E-state index in [1.165, 1.54) is 0 Å². The second-order valence-electron chi connectivity index (χ2n) is 4.74. The maximum absolute atomic E-state index is 12.5. The van der Waals surface area contributed by atoms with Gasteiger partial charge in [-0.25, -0.2) is 9.59 Å². The van der Waals surface area contributed by atoms with Gasteiger partial charge in [-0.2, -0.15) is 0 Å². The van der Waals surface area contributed by atoms with Crippen molar-refractivity contribution in [2.45, 2.75) is 41.5 Å². The van der Waals surface area contributed by atoms with Crippen molar-refractivity contribution < 1.29 is 28.1 Å². The van der Waals surface area contributed by atoms with Crippen LogP contribution in [0.25, 0.3) is 0 Å². The quantitative estimate of drug-likeness (QED) is 0.299. The van der Waals surface area contributed by atoms with Gasteiger partial charge in [-0.3, -0.25) is 4.90 Å². The van der Waals surface area contributed by atoms with Gasteiger partial charge in [-0.05, 0) is 40.8 Å². The van der Waals surface area contributed by atoms with Gasteiger partial charge in [-0.1, -0.05) is 13.8 Å². The summed E-state index contributed by atoms with van der Waals surface area (Å²) in [5.74, 6) is -1.45. The van der Waals surface area contributed by atoms with E-state index in [4.69, 9.17) is 18.5 Å². The molecule has 7 nitrogen and oxygen atoms in total. The molecule has 0 aromatic heterocycles. The van der Waals surface area contributed by atoms with Crippen LogP contribution in [0, 0.1) is 0 Å². The van der Waals surface area contributed by atoms with Crippen LogP contribution >= 0.6 is 7.34 Å². The summed E-state index contributed by atoms with van der Waals surface area (Å²) in [6.45, 7) is 13.4. The highest BCUT2D eigenvalue weighted by atomic mass is 31.2. The van der Waals surface area contributed by atoms with Crippen molar-refractivity contribution in [3.63, 3.8) is 0 Å². The lowest BCUT2D eigenvalue weighted by Gasteiger charge is -2.32. The molecule has 0 N–H and O–H groups in total. The SMILES string of the molecule is CCOC(=O)C(C(=O)OCC)=P(CN(CC)CC)(OCC)OCC. The fourth-order valence-electron chi connectivity index (χ4n) is 2.18. The Morgan fingerprint density at radius 1 is 0.750 bits per heavy atom. The summed E-state index contributed by atoms with van der Waals surface area (Å²) in [6.07, 6.45) is 0.342. The minimum absolute atomic E-state index is 0.137. The van der Waals surface area contributed by atoms with Crippen LogP contribution in [0.3, 0.4) is 0 Å². The predicted octanol–water partition coefficient (Wildman–Crippen LogP) is 2.50. The molecule has 24 heavy (non-hydrogen) atoms. The van der Waals surface area contributed by atoms with Gasteiger partial charge < -0.3 is 18.5 Å². The van der Waals surface area contributed by atoms with Crippen LogP contribution in [0.15, 0.2) is 0 Å². The van der Waals surface area contributed by atoms with Crippen LogP contribution in [-0.2, 0) is 28.1 Å². The molecule has 0 atom stereocenters. The highest BCUT2D eigenvalue weighted by Crippen LogP contribution is 2.52. The summed E-state index contributed by atoms with van der Waals surface area (Å²) in [6, 6.07) is 0. The molecular weight excluding hydrogens is 333 g/mol. The Bertz CT molecular complexity index is 418. The molecule has 0 fully saturated rings. The maximum atomic E-state index is 12.5. The molecule has 142 valence electrons. The summed E-state index contributed by atoms with van der Waals surface area (Å²) >= 11 is 0. The number of carbonyl (C=O) groups excluding carboxylic acids is 2. The van der Waals surface area contributed by atoms with E-state index in [0.717, 1.165) is 13.1 Å². The van der Waals surface area contributed by atoms with E-state index in [-0.39, 0.29) is 18.5 Å². The van der Waals surface area contributed by atoms with Crippen LogP contribution in [0.2, 0.25) is 0 Å². The van der Waals surface area contributed by atoms with Gasteiger partial charge in [0, 0.05) is 0 Å². The summed E-state index contributed by atoms with van der Waals surface area (Å²) < 4.78 is 22.0. The molecule has 0 aromatic rings. The van der Waals surface area contributed by atoms with Crippen molar-refractivity contribution in [2.24, 2.45) is 0 Å². The Balaban J connectivity index is 6.34. The largest absolute Gasteiger partial charge is 0.462 e. The number of hydrogen-bond acceptors (Lipinski definition) is 7. The van der Waals surface area contributed by atoms with Crippen molar-refractivity contribution in [2.75, 3.05) is 45.8 Å². The molecule has 0 aromatic carbocycles. The number of carbonyl (C=O) groups is 2. The average molecular weight is 365 g/mol. The first-order chi connectivity index (χ1) is 11.5. The number of rotatable bonds is 12. The third-order valence-electron chi connectivity index (χ3n) is 3.23. The maximum Gasteiger partial charge on any atom is 0.350 e. The summed E-state index contributed by atoms with van der Waals surface area (Å²) in [4.78, 5) is 27.1. The monoisotopic (exact) mass is 365 g/mol. The molecule has 0 rings (SSSR count). The third-order valence-corrected chi connectivity index (χ3v) is 6.40. The molecule has 0 saturated carbocycles. The smallest absolute Gasteiger partial charge is 0.350 e. The van der Waals surface area contributed by atoms with E-state index in [0.29, 0.717) is 19.5 Å². The van der Waals surface area contributed by atoms with E-state index in [1.54, 1.807) is 13.8 Å². The molecule has 0 spiro atoms. The number of esters is 2. The van der Waals surface area contributed by atoms with Crippen LogP contribution in [0.5, 0.6) is 0 Å². The molecule has 0 unspecified atom stereocenters. The van der Waals surface area contributed by atoms with Crippen molar-refractivity contribution >= 4 is 24.6 Å². The summed E-state index contributed by atoms with van der Waals surface area (Å²) in [7, 11) is -2.97. The lowest BCUT2D eigenvalue weighted by Crippen LogP contribution is -2.35. The minimum atomic E-state index is -2.97. The van der Waals surface area contributed by atoms with Crippen molar-refractivity contribution in [1.29, 1.82) is 0 Å². The van der Waals surface area contributed by atoms with E-state index >= 15 is 0 Å². The Kier molecular flexibility index (Phi) is 12.0. The topological polar surface area (TPSA) is 74.3 Å². The molecule has 0 radical (unpaired) electrons. The van der Waals surface area contributed by atoms with Gasteiger partial charge in [0.2, 0.25) is 0 Å². The standard InChI is InChI=1S/C16H32NO6P/c1-7-17(8-2)13-24(22-11-5,23-12-6)14(15(18)20-9-3)16(19)21-10-4/h7-13H2,1-6H3. The average Bonchev–Trinajstić information content (AvgIpc) is 2.53. The Morgan fingerprint density at radius 2 is 1.17 bits per heavy atom. The van der Waals surface area contributed by atoms with E-state index in [9.17, 15) is 9.59 Å². The highest BCUT2D eigenvalue weighted by Gasteiger charge is 2.37. The number of hydrogen-bond donors (Lipinski definition) is 0. The van der Waals surface area contributed by atoms with Crippen molar-refractivity contribution in [3.05, 3.63) is 0 Å². The van der Waals surface area contributed by atoms with Crippen LogP contribution in [0.1, 0.15) is 41.5 Å². The van der Waals surface area contributed by atoms with Gasteiger partial charge >= 0.3 is 11.9 Å². The van der Waals surface area contributed by atoms with Crippen LogP contribution in [0.4, 0.5) is 0 Å². The van der Waals surface area contributed by atoms with Gasteiger partial charge in [0.25, 0.3) is 0 Å². The molecule has 0 bridgehead atoms. The summed E-state index contributed by atoms with van der Waals surface area (Å²) in [5.41, 5.74) is 0. The molecule has 0 saturated heterocycles. The lowest BCUT2D eigenvalue weighted by molar-refractivity contribution is -0.140. The van der Waals surface area contributed by atoms with Gasteiger partial charge in [-0.15, -0.1) is 0 Å². The zero-order valence-electron chi connectivity index (χ0n) is 15.8. The normalized spacial score (nSPS) is 11.5. The zero-order valence-corrected chi connectivity index (χ0v) is 16.7. The second kappa shape index (κ2) is 12.5. The highest BCUT2D eigenvalue weighted by molar-refractivity contribution is 7.71. The van der Waals surface area contributed by atoms with Crippen LogP contribution < -0.4 is 0 Å². The fraction of sp³-hybridized carbons (Fsp3) is 0.812. The fourth-order valence-corrected chi connectivity index (χ4v) is 5.27. The zero-order chi connectivity index (χ0) is 18.6. The molecular formula is C16H32NO6P. The first-order valence-electron chi connectivity index (χ1n) is 8.57. The Hall–Kier alpha value is -0.880. The van der Waals surface area contributed by atoms with Crippen LogP contribution in [-0.4, -0.2) is 67.9 Å². The Morgan fingerprint density at radius 3 is 1.46 bits per heavy atom. The third kappa shape index (κ3) is 6.55. The van der Waals surface area contributed by atoms with Gasteiger partial charge in [0.05, 0.1) is 32.7 Å².